The van der Waals surface area contributed by atoms with E-state index in [0.29, 0.717) is 24.2 Å². The van der Waals surface area contributed by atoms with E-state index in [1.54, 1.807) is 12.1 Å². The average Bonchev–Trinajstić information content (AvgIpc) is 3.28. The predicted molar refractivity (Wildman–Crippen MR) is 98.4 cm³/mol. The lowest BCUT2D eigenvalue weighted by Gasteiger charge is -2.27. The first-order valence-corrected chi connectivity index (χ1v) is 9.15. The molecule has 1 atom stereocenters. The molecule has 0 bridgehead atoms. The Morgan fingerprint density at radius 3 is 2.64 bits per heavy atom. The number of hydrogen-bond acceptors (Lipinski definition) is 4. The summed E-state index contributed by atoms with van der Waals surface area (Å²) < 4.78 is 18.5. The first-order chi connectivity index (χ1) is 13.5. The first-order valence-electron chi connectivity index (χ1n) is 9.15. The maximum Gasteiger partial charge on any atom is 0.325 e. The monoisotopic (exact) mass is 387 g/mol. The van der Waals surface area contributed by atoms with Crippen LogP contribution in [0.4, 0.5) is 9.18 Å². The molecule has 0 radical (unpaired) electrons. The van der Waals surface area contributed by atoms with Crippen LogP contribution in [0.2, 0.25) is 0 Å². The molecule has 1 aromatic heterocycles. The number of unbranched alkanes of at least 4 members (excludes halogenated alkanes) is 1. The number of benzene rings is 1. The number of hydrogen-bond donors (Lipinski definition) is 2. The fourth-order valence-electron chi connectivity index (χ4n) is 3.25. The lowest BCUT2D eigenvalue weighted by atomic mass is 9.85. The summed E-state index contributed by atoms with van der Waals surface area (Å²) >= 11 is 0. The van der Waals surface area contributed by atoms with Crippen molar-refractivity contribution in [1.82, 2.24) is 15.5 Å². The fraction of sp³-hybridized carbons (Fsp3) is 0.350. The van der Waals surface area contributed by atoms with Gasteiger partial charge in [-0.05, 0) is 36.2 Å². The van der Waals surface area contributed by atoms with Crippen molar-refractivity contribution in [1.29, 1.82) is 0 Å². The maximum atomic E-state index is 13.3. The summed E-state index contributed by atoms with van der Waals surface area (Å²) in [5, 5.41) is 5.34. The van der Waals surface area contributed by atoms with Crippen LogP contribution in [0.1, 0.15) is 37.5 Å². The Kier molecular flexibility index (Phi) is 5.77. The van der Waals surface area contributed by atoms with E-state index in [-0.39, 0.29) is 6.54 Å². The van der Waals surface area contributed by atoms with Gasteiger partial charge in [0.25, 0.3) is 5.91 Å². The van der Waals surface area contributed by atoms with Crippen LogP contribution < -0.4 is 10.6 Å². The van der Waals surface area contributed by atoms with Gasteiger partial charge in [-0.1, -0.05) is 31.9 Å². The van der Waals surface area contributed by atoms with Crippen molar-refractivity contribution in [3.05, 3.63) is 59.8 Å². The van der Waals surface area contributed by atoms with E-state index in [9.17, 15) is 18.8 Å². The molecule has 0 aliphatic carbocycles. The van der Waals surface area contributed by atoms with E-state index in [4.69, 9.17) is 4.42 Å². The number of halogens is 1. The van der Waals surface area contributed by atoms with E-state index in [1.165, 1.54) is 30.5 Å². The summed E-state index contributed by atoms with van der Waals surface area (Å²) in [6.45, 7) is 1.73. The van der Waals surface area contributed by atoms with Crippen LogP contribution >= 0.6 is 0 Å². The Morgan fingerprint density at radius 2 is 2.00 bits per heavy atom. The van der Waals surface area contributed by atoms with Crippen molar-refractivity contribution in [2.24, 2.45) is 0 Å². The molecule has 3 rings (SSSR count). The highest BCUT2D eigenvalue weighted by molar-refractivity contribution is 6.09. The molecule has 7 nitrogen and oxygen atoms in total. The summed E-state index contributed by atoms with van der Waals surface area (Å²) in [5.74, 6) is -0.856. The van der Waals surface area contributed by atoms with Crippen LogP contribution in [0.5, 0.6) is 0 Å². The number of imide groups is 1. The summed E-state index contributed by atoms with van der Waals surface area (Å²) in [6.07, 6.45) is 3.35. The Balaban J connectivity index is 1.76. The number of carbonyl (C=O) groups is 3. The Morgan fingerprint density at radius 1 is 1.25 bits per heavy atom. The highest BCUT2D eigenvalue weighted by Crippen LogP contribution is 2.34. The second-order valence-corrected chi connectivity index (χ2v) is 6.69. The molecule has 0 unspecified atom stereocenters. The van der Waals surface area contributed by atoms with Crippen molar-refractivity contribution < 1.29 is 23.2 Å². The fourth-order valence-corrected chi connectivity index (χ4v) is 3.25. The molecule has 0 spiro atoms. The van der Waals surface area contributed by atoms with Gasteiger partial charge in [-0.3, -0.25) is 14.5 Å². The molecule has 148 valence electrons. The second-order valence-electron chi connectivity index (χ2n) is 6.69. The molecule has 2 heterocycles. The van der Waals surface area contributed by atoms with Gasteiger partial charge in [-0.15, -0.1) is 0 Å². The van der Waals surface area contributed by atoms with Crippen LogP contribution in [0.25, 0.3) is 0 Å². The molecule has 4 amide bonds. The molecule has 1 aliphatic heterocycles. The highest BCUT2D eigenvalue weighted by atomic mass is 19.1. The number of rotatable bonds is 8. The quantitative estimate of drug-likeness (QED) is 0.681. The van der Waals surface area contributed by atoms with Crippen molar-refractivity contribution in [3.8, 4) is 0 Å². The lowest BCUT2D eigenvalue weighted by Crippen LogP contribution is -2.45. The van der Waals surface area contributed by atoms with Crippen molar-refractivity contribution in [2.75, 3.05) is 6.54 Å². The summed E-state index contributed by atoms with van der Waals surface area (Å²) in [5.41, 5.74) is -0.790. The number of amides is 4. The number of urea groups is 1. The largest absolute Gasteiger partial charge is 0.467 e. The lowest BCUT2D eigenvalue weighted by molar-refractivity contribution is -0.135. The molecular formula is C20H22FN3O4. The normalized spacial score (nSPS) is 19.0. The van der Waals surface area contributed by atoms with E-state index in [0.717, 1.165) is 11.3 Å². The minimum atomic E-state index is -1.29. The third-order valence-corrected chi connectivity index (χ3v) is 4.76. The average molecular weight is 387 g/mol. The predicted octanol–water partition coefficient (Wildman–Crippen LogP) is 2.67. The van der Waals surface area contributed by atoms with E-state index < -0.39 is 35.7 Å². The standard InChI is InChI=1S/C20H22FN3O4/c1-2-3-10-20(14-6-8-15(21)9-7-14)18(26)24(19(27)23-20)13-17(25)22-12-16-5-4-11-28-16/h4-9,11H,2-3,10,12-13H2,1H3,(H,22,25)(H,23,27)/t20-/m0/s1. The summed E-state index contributed by atoms with van der Waals surface area (Å²) in [7, 11) is 0. The van der Waals surface area contributed by atoms with Gasteiger partial charge in [0.15, 0.2) is 0 Å². The van der Waals surface area contributed by atoms with Crippen LogP contribution in [0, 0.1) is 5.82 Å². The van der Waals surface area contributed by atoms with E-state index in [1.807, 2.05) is 6.92 Å². The molecule has 1 aliphatic rings. The van der Waals surface area contributed by atoms with E-state index >= 15 is 0 Å². The third kappa shape index (κ3) is 3.90. The van der Waals surface area contributed by atoms with Gasteiger partial charge >= 0.3 is 6.03 Å². The van der Waals surface area contributed by atoms with Crippen LogP contribution in [-0.4, -0.2) is 29.3 Å². The maximum absolute atomic E-state index is 13.3. The molecule has 2 N–H and O–H groups in total. The molecule has 2 aromatic rings. The molecule has 28 heavy (non-hydrogen) atoms. The zero-order chi connectivity index (χ0) is 20.1. The highest BCUT2D eigenvalue weighted by Gasteiger charge is 2.52. The van der Waals surface area contributed by atoms with Gasteiger partial charge in [0.05, 0.1) is 12.8 Å². The van der Waals surface area contributed by atoms with Crippen LogP contribution in [-0.2, 0) is 21.7 Å². The second kappa shape index (κ2) is 8.24. The van der Waals surface area contributed by atoms with Gasteiger partial charge in [-0.2, -0.15) is 0 Å². The number of nitrogens with zero attached hydrogens (tertiary/aromatic N) is 1. The summed E-state index contributed by atoms with van der Waals surface area (Å²) in [6, 6.07) is 8.25. The molecule has 1 fully saturated rings. The molecule has 1 aromatic carbocycles. The molecular weight excluding hydrogens is 365 g/mol. The SMILES string of the molecule is CCCC[C@@]1(c2ccc(F)cc2)NC(=O)N(CC(=O)NCc2ccco2)C1=O. The van der Waals surface area contributed by atoms with Crippen molar-refractivity contribution in [3.63, 3.8) is 0 Å². The minimum absolute atomic E-state index is 0.161. The Bertz CT molecular complexity index is 851. The zero-order valence-electron chi connectivity index (χ0n) is 15.5. The van der Waals surface area contributed by atoms with Crippen molar-refractivity contribution in [2.45, 2.75) is 38.3 Å². The number of furan rings is 1. The van der Waals surface area contributed by atoms with Gasteiger partial charge in [0.2, 0.25) is 5.91 Å². The Labute approximate surface area is 161 Å². The minimum Gasteiger partial charge on any atom is -0.467 e. The summed E-state index contributed by atoms with van der Waals surface area (Å²) in [4.78, 5) is 38.8. The van der Waals surface area contributed by atoms with Crippen molar-refractivity contribution >= 4 is 17.8 Å². The Hall–Kier alpha value is -3.16. The molecule has 8 heteroatoms. The van der Waals surface area contributed by atoms with E-state index in [2.05, 4.69) is 10.6 Å². The molecule has 1 saturated heterocycles. The van der Waals surface area contributed by atoms with Gasteiger partial charge in [0.1, 0.15) is 23.7 Å². The van der Waals surface area contributed by atoms with Crippen LogP contribution in [0.15, 0.2) is 47.1 Å². The van der Waals surface area contributed by atoms with Gasteiger partial charge < -0.3 is 15.1 Å². The van der Waals surface area contributed by atoms with Crippen LogP contribution in [0.3, 0.4) is 0 Å². The number of carbonyl (C=O) groups excluding carboxylic acids is 3. The first kappa shape index (κ1) is 19.6. The zero-order valence-corrected chi connectivity index (χ0v) is 15.5. The smallest absolute Gasteiger partial charge is 0.325 e. The topological polar surface area (TPSA) is 91.7 Å². The van der Waals surface area contributed by atoms with Gasteiger partial charge in [-0.25, -0.2) is 9.18 Å². The molecule has 0 saturated carbocycles. The van der Waals surface area contributed by atoms with Gasteiger partial charge in [0, 0.05) is 0 Å². The third-order valence-electron chi connectivity index (χ3n) is 4.76. The number of nitrogens with one attached hydrogen (secondary N) is 2.